The van der Waals surface area contributed by atoms with E-state index in [2.05, 4.69) is 16.6 Å². The van der Waals surface area contributed by atoms with Crippen molar-refractivity contribution in [2.75, 3.05) is 25.0 Å². The number of ether oxygens (including phenoxy) is 1. The zero-order valence-electron chi connectivity index (χ0n) is 14.5. The molecule has 2 aromatic carbocycles. The summed E-state index contributed by atoms with van der Waals surface area (Å²) in [5.74, 6) is 2.75. The lowest BCUT2D eigenvalue weighted by atomic mass is 10.1. The molecule has 0 spiro atoms. The predicted molar refractivity (Wildman–Crippen MR) is 97.4 cm³/mol. The minimum Gasteiger partial charge on any atom is -0.481 e. The van der Waals surface area contributed by atoms with Gasteiger partial charge in [-0.3, -0.25) is 4.79 Å². The summed E-state index contributed by atoms with van der Waals surface area (Å²) in [5, 5.41) is 5.40. The molecule has 0 atom stereocenters. The molecule has 0 aliphatic heterocycles. The second kappa shape index (κ2) is 9.53. The first-order valence-corrected chi connectivity index (χ1v) is 8.21. The average Bonchev–Trinajstić information content (AvgIpc) is 2.65. The van der Waals surface area contributed by atoms with E-state index < -0.39 is 11.7 Å². The molecular formula is C20H19F3N2O2. The van der Waals surface area contributed by atoms with E-state index in [1.54, 1.807) is 12.1 Å². The fourth-order valence-corrected chi connectivity index (χ4v) is 2.27. The molecule has 2 rings (SSSR count). The van der Waals surface area contributed by atoms with Gasteiger partial charge in [-0.25, -0.2) is 0 Å². The Morgan fingerprint density at radius 2 is 1.89 bits per heavy atom. The maximum atomic E-state index is 12.7. The van der Waals surface area contributed by atoms with Crippen molar-refractivity contribution >= 4 is 11.6 Å². The van der Waals surface area contributed by atoms with Crippen LogP contribution in [0.4, 0.5) is 18.9 Å². The van der Waals surface area contributed by atoms with Gasteiger partial charge in [0.05, 0.1) is 12.1 Å². The molecule has 27 heavy (non-hydrogen) atoms. The van der Waals surface area contributed by atoms with Crippen LogP contribution < -0.4 is 15.4 Å². The summed E-state index contributed by atoms with van der Waals surface area (Å²) in [4.78, 5) is 11.8. The molecule has 142 valence electrons. The number of hydrogen-bond acceptors (Lipinski definition) is 3. The van der Waals surface area contributed by atoms with Gasteiger partial charge in [0.1, 0.15) is 12.4 Å². The molecule has 0 fully saturated rings. The predicted octanol–water partition coefficient (Wildman–Crippen LogP) is 3.49. The number of hydrogen-bond donors (Lipinski definition) is 2. The smallest absolute Gasteiger partial charge is 0.416 e. The minimum absolute atomic E-state index is 0.111. The van der Waals surface area contributed by atoms with Crippen LogP contribution in [0.2, 0.25) is 0 Å². The Bertz CT molecular complexity index is 796. The fourth-order valence-electron chi connectivity index (χ4n) is 2.27. The Morgan fingerprint density at radius 1 is 1.15 bits per heavy atom. The van der Waals surface area contributed by atoms with Gasteiger partial charge in [0, 0.05) is 12.2 Å². The highest BCUT2D eigenvalue weighted by molar-refractivity contribution is 5.80. The van der Waals surface area contributed by atoms with Crippen LogP contribution in [0.3, 0.4) is 0 Å². The van der Waals surface area contributed by atoms with Gasteiger partial charge in [0.2, 0.25) is 5.91 Å². The SMILES string of the molecule is C#CCOc1ccc(CCNC(=O)CNc2cccc(C(F)(F)F)c2)cc1. The van der Waals surface area contributed by atoms with E-state index in [4.69, 9.17) is 11.2 Å². The highest BCUT2D eigenvalue weighted by Gasteiger charge is 2.30. The Kier molecular flexibility index (Phi) is 7.12. The number of anilines is 1. The number of rotatable bonds is 8. The van der Waals surface area contributed by atoms with Gasteiger partial charge < -0.3 is 15.4 Å². The molecule has 0 aromatic heterocycles. The van der Waals surface area contributed by atoms with Crippen molar-refractivity contribution in [3.8, 4) is 18.1 Å². The molecule has 0 saturated heterocycles. The lowest BCUT2D eigenvalue weighted by molar-refractivity contribution is -0.137. The number of amides is 1. The van der Waals surface area contributed by atoms with Crippen molar-refractivity contribution in [3.63, 3.8) is 0 Å². The molecule has 0 aliphatic carbocycles. The summed E-state index contributed by atoms with van der Waals surface area (Å²) in [5.41, 5.74) is 0.485. The second-order valence-electron chi connectivity index (χ2n) is 5.67. The lowest BCUT2D eigenvalue weighted by Crippen LogP contribution is -2.31. The van der Waals surface area contributed by atoms with Crippen LogP contribution in [0.5, 0.6) is 5.75 Å². The third kappa shape index (κ3) is 6.94. The van der Waals surface area contributed by atoms with Crippen molar-refractivity contribution in [2.24, 2.45) is 0 Å². The Hall–Kier alpha value is -3.14. The van der Waals surface area contributed by atoms with Crippen molar-refractivity contribution < 1.29 is 22.7 Å². The number of carbonyl (C=O) groups excluding carboxylic acids is 1. The molecule has 0 aliphatic rings. The molecule has 1 amide bonds. The summed E-state index contributed by atoms with van der Waals surface area (Å²) < 4.78 is 43.2. The van der Waals surface area contributed by atoms with E-state index in [1.807, 2.05) is 12.1 Å². The molecule has 0 unspecified atom stereocenters. The number of carbonyl (C=O) groups is 1. The zero-order valence-corrected chi connectivity index (χ0v) is 14.5. The third-order valence-electron chi connectivity index (χ3n) is 3.62. The van der Waals surface area contributed by atoms with Gasteiger partial charge in [-0.05, 0) is 42.3 Å². The molecule has 2 aromatic rings. The van der Waals surface area contributed by atoms with E-state index in [0.29, 0.717) is 18.7 Å². The normalized spacial score (nSPS) is 10.7. The van der Waals surface area contributed by atoms with E-state index in [1.165, 1.54) is 12.1 Å². The average molecular weight is 376 g/mol. The molecule has 0 saturated carbocycles. The lowest BCUT2D eigenvalue weighted by Gasteiger charge is -2.11. The van der Waals surface area contributed by atoms with Crippen LogP contribution in [-0.4, -0.2) is 25.6 Å². The molecule has 2 N–H and O–H groups in total. The highest BCUT2D eigenvalue weighted by atomic mass is 19.4. The number of halogens is 3. The van der Waals surface area contributed by atoms with Crippen LogP contribution in [0, 0.1) is 12.3 Å². The maximum Gasteiger partial charge on any atom is 0.416 e. The number of alkyl halides is 3. The van der Waals surface area contributed by atoms with Gasteiger partial charge in [0.25, 0.3) is 0 Å². The molecule has 0 heterocycles. The molecule has 0 bridgehead atoms. The first kappa shape index (κ1) is 20.2. The van der Waals surface area contributed by atoms with Gasteiger partial charge >= 0.3 is 6.18 Å². The fraction of sp³-hybridized carbons (Fsp3) is 0.250. The van der Waals surface area contributed by atoms with E-state index in [9.17, 15) is 18.0 Å². The first-order chi connectivity index (χ1) is 12.9. The number of benzene rings is 2. The highest BCUT2D eigenvalue weighted by Crippen LogP contribution is 2.30. The third-order valence-corrected chi connectivity index (χ3v) is 3.62. The van der Waals surface area contributed by atoms with E-state index >= 15 is 0 Å². The van der Waals surface area contributed by atoms with Crippen LogP contribution in [-0.2, 0) is 17.4 Å². The Balaban J connectivity index is 1.73. The topological polar surface area (TPSA) is 50.4 Å². The van der Waals surface area contributed by atoms with Crippen LogP contribution in [0.1, 0.15) is 11.1 Å². The summed E-state index contributed by atoms with van der Waals surface area (Å²) in [6.07, 6.45) is 1.32. The van der Waals surface area contributed by atoms with Crippen molar-refractivity contribution in [3.05, 3.63) is 59.7 Å². The summed E-state index contributed by atoms with van der Waals surface area (Å²) >= 11 is 0. The number of terminal acetylenes is 1. The Labute approximate surface area is 155 Å². The molecule has 0 radical (unpaired) electrons. The van der Waals surface area contributed by atoms with E-state index in [-0.39, 0.29) is 24.7 Å². The summed E-state index contributed by atoms with van der Waals surface area (Å²) in [6, 6.07) is 12.1. The number of nitrogens with one attached hydrogen (secondary N) is 2. The second-order valence-corrected chi connectivity index (χ2v) is 5.67. The zero-order chi connectivity index (χ0) is 19.7. The maximum absolute atomic E-state index is 12.7. The summed E-state index contributed by atoms with van der Waals surface area (Å²) in [7, 11) is 0. The van der Waals surface area contributed by atoms with Crippen LogP contribution in [0.25, 0.3) is 0 Å². The standard InChI is InChI=1S/C20H19F3N2O2/c1-2-12-27-18-8-6-15(7-9-18)10-11-24-19(26)14-25-17-5-3-4-16(13-17)20(21,22)23/h1,3-9,13,25H,10-12,14H2,(H,24,26). The van der Waals surface area contributed by atoms with Crippen molar-refractivity contribution in [2.45, 2.75) is 12.6 Å². The quantitative estimate of drug-likeness (QED) is 0.694. The van der Waals surface area contributed by atoms with Crippen LogP contribution >= 0.6 is 0 Å². The first-order valence-electron chi connectivity index (χ1n) is 8.21. The van der Waals surface area contributed by atoms with Gasteiger partial charge in [-0.2, -0.15) is 13.2 Å². The van der Waals surface area contributed by atoms with Gasteiger partial charge in [-0.15, -0.1) is 6.42 Å². The van der Waals surface area contributed by atoms with Gasteiger partial charge in [-0.1, -0.05) is 24.1 Å². The van der Waals surface area contributed by atoms with Crippen molar-refractivity contribution in [1.29, 1.82) is 0 Å². The minimum atomic E-state index is -4.42. The monoisotopic (exact) mass is 376 g/mol. The van der Waals surface area contributed by atoms with Crippen LogP contribution in [0.15, 0.2) is 48.5 Å². The largest absolute Gasteiger partial charge is 0.481 e. The molecule has 7 heteroatoms. The summed E-state index contributed by atoms with van der Waals surface area (Å²) in [6.45, 7) is 0.502. The van der Waals surface area contributed by atoms with Crippen molar-refractivity contribution in [1.82, 2.24) is 5.32 Å². The molecular weight excluding hydrogens is 357 g/mol. The van der Waals surface area contributed by atoms with Gasteiger partial charge in [0.15, 0.2) is 0 Å². The van der Waals surface area contributed by atoms with E-state index in [0.717, 1.165) is 17.7 Å². The molecule has 4 nitrogen and oxygen atoms in total. The Morgan fingerprint density at radius 3 is 2.56 bits per heavy atom.